The van der Waals surface area contributed by atoms with Gasteiger partial charge in [-0.1, -0.05) is 0 Å². The number of benzene rings is 2. The highest BCUT2D eigenvalue weighted by molar-refractivity contribution is 7.92. The Kier molecular flexibility index (Phi) is 4.41. The summed E-state index contributed by atoms with van der Waals surface area (Å²) in [5, 5.41) is 9.36. The molecule has 2 aromatic carbocycles. The highest BCUT2D eigenvalue weighted by atomic mass is 32.2. The molecule has 0 aromatic heterocycles. The molecule has 8 nitrogen and oxygen atoms in total. The van der Waals surface area contributed by atoms with Crippen LogP contribution >= 0.6 is 0 Å². The SMILES string of the molecule is COc1ccc(S(=O)(=O)Nc2cc3c(cc2C(=O)O)OCCO3)cc1. The van der Waals surface area contributed by atoms with Crippen molar-refractivity contribution in [3.8, 4) is 17.2 Å². The molecular formula is C16H15NO7S. The normalized spacial score (nSPS) is 13.2. The molecule has 0 atom stereocenters. The van der Waals surface area contributed by atoms with Crippen LogP contribution in [0, 0.1) is 0 Å². The van der Waals surface area contributed by atoms with Gasteiger partial charge in [-0.05, 0) is 24.3 Å². The molecule has 0 aliphatic carbocycles. The molecule has 1 aliphatic heterocycles. The first kappa shape index (κ1) is 16.9. The molecule has 2 aromatic rings. The summed E-state index contributed by atoms with van der Waals surface area (Å²) in [6.45, 7) is 0.590. The van der Waals surface area contributed by atoms with Crippen molar-refractivity contribution >= 4 is 21.7 Å². The summed E-state index contributed by atoms with van der Waals surface area (Å²) in [5.74, 6) is -0.242. The minimum Gasteiger partial charge on any atom is -0.497 e. The number of fused-ring (bicyclic) bond motifs is 1. The number of nitrogens with one attached hydrogen (secondary N) is 1. The van der Waals surface area contributed by atoms with E-state index in [1.54, 1.807) is 0 Å². The van der Waals surface area contributed by atoms with Gasteiger partial charge in [0.15, 0.2) is 11.5 Å². The van der Waals surface area contributed by atoms with Crippen LogP contribution in [0.1, 0.15) is 10.4 Å². The van der Waals surface area contributed by atoms with Crippen LogP contribution in [0.3, 0.4) is 0 Å². The number of rotatable bonds is 5. The second-order valence-corrected chi connectivity index (χ2v) is 6.81. The van der Waals surface area contributed by atoms with Gasteiger partial charge in [-0.25, -0.2) is 13.2 Å². The predicted octanol–water partition coefficient (Wildman–Crippen LogP) is 1.97. The Morgan fingerprint density at radius 1 is 1.12 bits per heavy atom. The van der Waals surface area contributed by atoms with Crippen LogP contribution in [0.15, 0.2) is 41.3 Å². The molecule has 0 amide bonds. The van der Waals surface area contributed by atoms with Crippen LogP contribution in [0.5, 0.6) is 17.2 Å². The fraction of sp³-hybridized carbons (Fsp3) is 0.188. The first-order valence-electron chi connectivity index (χ1n) is 7.24. The van der Waals surface area contributed by atoms with E-state index in [0.29, 0.717) is 19.0 Å². The summed E-state index contributed by atoms with van der Waals surface area (Å²) in [7, 11) is -2.52. The first-order valence-corrected chi connectivity index (χ1v) is 8.73. The lowest BCUT2D eigenvalue weighted by Gasteiger charge is -2.20. The summed E-state index contributed by atoms with van der Waals surface area (Å²) >= 11 is 0. The lowest BCUT2D eigenvalue weighted by atomic mass is 10.1. The van der Waals surface area contributed by atoms with E-state index in [1.807, 2.05) is 0 Å². The number of hydrogen-bond acceptors (Lipinski definition) is 6. The maximum atomic E-state index is 12.5. The van der Waals surface area contributed by atoms with E-state index in [1.165, 1.54) is 43.5 Å². The second-order valence-electron chi connectivity index (χ2n) is 5.13. The number of carboxylic acid groups (broad SMARTS) is 1. The van der Waals surface area contributed by atoms with Gasteiger partial charge in [0.05, 0.1) is 23.3 Å². The molecule has 0 radical (unpaired) electrons. The number of aromatic carboxylic acids is 1. The Morgan fingerprint density at radius 2 is 1.72 bits per heavy atom. The van der Waals surface area contributed by atoms with Crippen LogP contribution < -0.4 is 18.9 Å². The van der Waals surface area contributed by atoms with Gasteiger partial charge in [0, 0.05) is 12.1 Å². The van der Waals surface area contributed by atoms with Crippen molar-refractivity contribution in [3.63, 3.8) is 0 Å². The Hall–Kier alpha value is -2.94. The lowest BCUT2D eigenvalue weighted by molar-refractivity contribution is 0.0697. The van der Waals surface area contributed by atoms with Crippen molar-refractivity contribution in [1.29, 1.82) is 0 Å². The van der Waals surface area contributed by atoms with E-state index in [9.17, 15) is 18.3 Å². The molecule has 0 spiro atoms. The zero-order chi connectivity index (χ0) is 18.0. The van der Waals surface area contributed by atoms with Crippen LogP contribution in [0.2, 0.25) is 0 Å². The largest absolute Gasteiger partial charge is 0.497 e. The molecule has 1 aliphatic rings. The summed E-state index contributed by atoms with van der Waals surface area (Å²) < 4.78 is 43.0. The molecular weight excluding hydrogens is 350 g/mol. The van der Waals surface area contributed by atoms with E-state index >= 15 is 0 Å². The monoisotopic (exact) mass is 365 g/mol. The average Bonchev–Trinajstić information content (AvgIpc) is 2.60. The fourth-order valence-electron chi connectivity index (χ4n) is 2.31. The van der Waals surface area contributed by atoms with Gasteiger partial charge in [0.2, 0.25) is 0 Å². The van der Waals surface area contributed by atoms with E-state index in [2.05, 4.69) is 4.72 Å². The zero-order valence-electron chi connectivity index (χ0n) is 13.2. The number of carboxylic acids is 1. The van der Waals surface area contributed by atoms with Crippen LogP contribution in [0.25, 0.3) is 0 Å². The van der Waals surface area contributed by atoms with Gasteiger partial charge in [0.25, 0.3) is 10.0 Å². The molecule has 132 valence electrons. The van der Waals surface area contributed by atoms with E-state index in [4.69, 9.17) is 14.2 Å². The van der Waals surface area contributed by atoms with Crippen molar-refractivity contribution in [2.24, 2.45) is 0 Å². The van der Waals surface area contributed by atoms with Gasteiger partial charge in [-0.2, -0.15) is 0 Å². The minimum absolute atomic E-state index is 0.0282. The van der Waals surface area contributed by atoms with Crippen molar-refractivity contribution in [2.75, 3.05) is 25.0 Å². The fourth-order valence-corrected chi connectivity index (χ4v) is 3.38. The maximum Gasteiger partial charge on any atom is 0.337 e. The lowest BCUT2D eigenvalue weighted by Crippen LogP contribution is -2.19. The molecule has 0 unspecified atom stereocenters. The van der Waals surface area contributed by atoms with Gasteiger partial charge < -0.3 is 19.3 Å². The smallest absolute Gasteiger partial charge is 0.337 e. The van der Waals surface area contributed by atoms with Gasteiger partial charge >= 0.3 is 5.97 Å². The molecule has 3 rings (SSSR count). The zero-order valence-corrected chi connectivity index (χ0v) is 14.0. The summed E-state index contributed by atoms with van der Waals surface area (Å²) in [4.78, 5) is 11.4. The highest BCUT2D eigenvalue weighted by Crippen LogP contribution is 2.36. The number of sulfonamides is 1. The molecule has 0 bridgehead atoms. The Bertz CT molecular complexity index is 907. The predicted molar refractivity (Wildman–Crippen MR) is 88.2 cm³/mol. The molecule has 0 saturated heterocycles. The Balaban J connectivity index is 1.99. The Morgan fingerprint density at radius 3 is 2.28 bits per heavy atom. The van der Waals surface area contributed by atoms with Crippen LogP contribution in [0.4, 0.5) is 5.69 Å². The van der Waals surface area contributed by atoms with Crippen molar-refractivity contribution in [2.45, 2.75) is 4.90 Å². The van der Waals surface area contributed by atoms with Crippen LogP contribution in [-0.2, 0) is 10.0 Å². The first-order chi connectivity index (χ1) is 11.9. The van der Waals surface area contributed by atoms with E-state index < -0.39 is 16.0 Å². The molecule has 0 saturated carbocycles. The summed E-state index contributed by atoms with van der Waals surface area (Å²) in [6.07, 6.45) is 0. The van der Waals surface area contributed by atoms with E-state index in [0.717, 1.165) is 0 Å². The number of anilines is 1. The molecule has 1 heterocycles. The number of hydrogen-bond donors (Lipinski definition) is 2. The second kappa shape index (κ2) is 6.52. The quantitative estimate of drug-likeness (QED) is 0.833. The molecule has 2 N–H and O–H groups in total. The number of methoxy groups -OCH3 is 1. The third-order valence-electron chi connectivity index (χ3n) is 3.53. The molecule has 0 fully saturated rings. The van der Waals surface area contributed by atoms with Gasteiger partial charge in [-0.15, -0.1) is 0 Å². The minimum atomic E-state index is -3.99. The highest BCUT2D eigenvalue weighted by Gasteiger charge is 2.23. The van der Waals surface area contributed by atoms with Crippen molar-refractivity contribution < 1.29 is 32.5 Å². The number of carbonyl (C=O) groups is 1. The molecule has 9 heteroatoms. The standard InChI is InChI=1S/C16H15NO7S/c1-22-10-2-4-11(5-3-10)25(20,21)17-13-9-15-14(23-6-7-24-15)8-12(13)16(18)19/h2-5,8-9,17H,6-7H2,1H3,(H,18,19). The molecule has 25 heavy (non-hydrogen) atoms. The van der Waals surface area contributed by atoms with Crippen molar-refractivity contribution in [1.82, 2.24) is 0 Å². The average molecular weight is 365 g/mol. The van der Waals surface area contributed by atoms with Gasteiger partial charge in [-0.3, -0.25) is 4.72 Å². The summed E-state index contributed by atoms with van der Waals surface area (Å²) in [6, 6.07) is 8.26. The third-order valence-corrected chi connectivity index (χ3v) is 4.91. The summed E-state index contributed by atoms with van der Waals surface area (Å²) in [5.41, 5.74) is -0.339. The van der Waals surface area contributed by atoms with E-state index in [-0.39, 0.29) is 27.6 Å². The third kappa shape index (κ3) is 3.45. The van der Waals surface area contributed by atoms with Gasteiger partial charge in [0.1, 0.15) is 19.0 Å². The topological polar surface area (TPSA) is 111 Å². The van der Waals surface area contributed by atoms with Crippen molar-refractivity contribution in [3.05, 3.63) is 42.0 Å². The Labute approximate surface area is 144 Å². The number of ether oxygens (including phenoxy) is 3. The van der Waals surface area contributed by atoms with Crippen LogP contribution in [-0.4, -0.2) is 39.8 Å². The maximum absolute atomic E-state index is 12.5.